The molecule has 0 spiro atoms. The minimum absolute atomic E-state index is 0.00895. The number of carbonyl (C=O) groups is 1. The molecule has 2 aromatic carbocycles. The van der Waals surface area contributed by atoms with Gasteiger partial charge in [0.2, 0.25) is 12.7 Å². The van der Waals surface area contributed by atoms with Crippen molar-refractivity contribution in [3.63, 3.8) is 0 Å². The second-order valence-corrected chi connectivity index (χ2v) is 8.26. The molecule has 0 bridgehead atoms. The van der Waals surface area contributed by atoms with E-state index in [1.165, 1.54) is 0 Å². The molecule has 29 heavy (non-hydrogen) atoms. The molecular formula is C21H18ClN3O3S. The molecule has 0 aliphatic carbocycles. The largest absolute Gasteiger partial charge is 0.454 e. The molecule has 2 aliphatic heterocycles. The normalized spacial score (nSPS) is 16.2. The predicted octanol–water partition coefficient (Wildman–Crippen LogP) is 4.04. The Bertz CT molecular complexity index is 1110. The molecule has 5 rings (SSSR count). The standard InChI is InChI=1S/C21H18ClN3O3S/c22-15-2-1-3-18-20(15)23-21(29-18)25-10-8-24(9-11-25)19(26)7-5-14-4-6-16-17(12-14)28-13-27-16/h1-7,12H,8-11,13H2. The van der Waals surface area contributed by atoms with Crippen molar-refractivity contribution in [2.75, 3.05) is 37.9 Å². The Morgan fingerprint density at radius 1 is 1.10 bits per heavy atom. The number of thiazole rings is 1. The van der Waals surface area contributed by atoms with Crippen LogP contribution < -0.4 is 14.4 Å². The van der Waals surface area contributed by atoms with E-state index < -0.39 is 0 Å². The molecular weight excluding hydrogens is 410 g/mol. The Kier molecular flexibility index (Phi) is 4.77. The van der Waals surface area contributed by atoms with E-state index in [-0.39, 0.29) is 12.7 Å². The van der Waals surface area contributed by atoms with Crippen LogP contribution in [0.5, 0.6) is 11.5 Å². The third-order valence-electron chi connectivity index (χ3n) is 5.04. The first-order valence-corrected chi connectivity index (χ1v) is 10.5. The number of ether oxygens (including phenoxy) is 2. The first-order chi connectivity index (χ1) is 14.2. The van der Waals surface area contributed by atoms with Gasteiger partial charge in [-0.1, -0.05) is 35.1 Å². The van der Waals surface area contributed by atoms with E-state index in [1.807, 2.05) is 47.4 Å². The van der Waals surface area contributed by atoms with E-state index in [0.717, 1.165) is 39.8 Å². The highest BCUT2D eigenvalue weighted by Gasteiger charge is 2.22. The van der Waals surface area contributed by atoms with E-state index in [2.05, 4.69) is 9.88 Å². The van der Waals surface area contributed by atoms with E-state index in [0.29, 0.717) is 23.9 Å². The quantitative estimate of drug-likeness (QED) is 0.590. The number of fused-ring (bicyclic) bond motifs is 2. The number of piperazine rings is 1. The first-order valence-electron chi connectivity index (χ1n) is 9.34. The predicted molar refractivity (Wildman–Crippen MR) is 115 cm³/mol. The number of hydrogen-bond donors (Lipinski definition) is 0. The van der Waals surface area contributed by atoms with Crippen LogP contribution in [0.25, 0.3) is 16.3 Å². The Labute approximate surface area is 176 Å². The molecule has 0 N–H and O–H groups in total. The number of para-hydroxylation sites is 1. The molecule has 0 radical (unpaired) electrons. The lowest BCUT2D eigenvalue weighted by atomic mass is 10.2. The van der Waals surface area contributed by atoms with Crippen molar-refractivity contribution < 1.29 is 14.3 Å². The second kappa shape index (κ2) is 7.57. The number of benzene rings is 2. The lowest BCUT2D eigenvalue weighted by molar-refractivity contribution is -0.126. The number of halogens is 1. The van der Waals surface area contributed by atoms with E-state index in [4.69, 9.17) is 21.1 Å². The fourth-order valence-corrected chi connectivity index (χ4v) is 4.76. The molecule has 1 aromatic heterocycles. The van der Waals surface area contributed by atoms with Gasteiger partial charge < -0.3 is 19.3 Å². The van der Waals surface area contributed by atoms with Crippen molar-refractivity contribution in [2.24, 2.45) is 0 Å². The molecule has 1 fully saturated rings. The topological polar surface area (TPSA) is 54.9 Å². The summed E-state index contributed by atoms with van der Waals surface area (Å²) in [6.07, 6.45) is 3.43. The van der Waals surface area contributed by atoms with Crippen LogP contribution in [-0.4, -0.2) is 48.8 Å². The summed E-state index contributed by atoms with van der Waals surface area (Å²) in [7, 11) is 0. The maximum absolute atomic E-state index is 12.6. The SMILES string of the molecule is O=C(C=Cc1ccc2c(c1)OCO2)N1CCN(c2nc3c(Cl)cccc3s2)CC1. The fraction of sp³-hybridized carbons (Fsp3) is 0.238. The van der Waals surface area contributed by atoms with Crippen LogP contribution >= 0.6 is 22.9 Å². The van der Waals surface area contributed by atoms with E-state index in [1.54, 1.807) is 17.4 Å². The minimum atomic E-state index is 0.00895. The first kappa shape index (κ1) is 18.3. The average molecular weight is 428 g/mol. The zero-order chi connectivity index (χ0) is 19.8. The van der Waals surface area contributed by atoms with Gasteiger partial charge in [0.15, 0.2) is 16.6 Å². The van der Waals surface area contributed by atoms with Gasteiger partial charge in [-0.2, -0.15) is 0 Å². The van der Waals surface area contributed by atoms with Crippen molar-refractivity contribution in [1.29, 1.82) is 0 Å². The summed E-state index contributed by atoms with van der Waals surface area (Å²) in [4.78, 5) is 21.3. The van der Waals surface area contributed by atoms with Crippen molar-refractivity contribution in [1.82, 2.24) is 9.88 Å². The zero-order valence-corrected chi connectivity index (χ0v) is 17.1. The number of hydrogen-bond acceptors (Lipinski definition) is 6. The highest BCUT2D eigenvalue weighted by molar-refractivity contribution is 7.22. The van der Waals surface area contributed by atoms with Gasteiger partial charge in [0.1, 0.15) is 5.52 Å². The molecule has 8 heteroatoms. The number of anilines is 1. The van der Waals surface area contributed by atoms with E-state index in [9.17, 15) is 4.79 Å². The van der Waals surface area contributed by atoms with Crippen molar-refractivity contribution >= 4 is 50.3 Å². The van der Waals surface area contributed by atoms with E-state index >= 15 is 0 Å². The van der Waals surface area contributed by atoms with Gasteiger partial charge in [0, 0.05) is 32.3 Å². The van der Waals surface area contributed by atoms with Crippen LogP contribution in [0.15, 0.2) is 42.5 Å². The van der Waals surface area contributed by atoms with Gasteiger partial charge in [-0.15, -0.1) is 0 Å². The number of amides is 1. The number of rotatable bonds is 3. The summed E-state index contributed by atoms with van der Waals surface area (Å²) >= 11 is 7.88. The average Bonchev–Trinajstić information content (AvgIpc) is 3.39. The third-order valence-corrected chi connectivity index (χ3v) is 6.42. The summed E-state index contributed by atoms with van der Waals surface area (Å²) in [5, 5.41) is 1.63. The van der Waals surface area contributed by atoms with Gasteiger partial charge in [-0.05, 0) is 35.9 Å². The van der Waals surface area contributed by atoms with Crippen LogP contribution in [0.2, 0.25) is 5.02 Å². The van der Waals surface area contributed by atoms with Crippen LogP contribution in [0.3, 0.4) is 0 Å². The van der Waals surface area contributed by atoms with Gasteiger partial charge >= 0.3 is 0 Å². The Hall–Kier alpha value is -2.77. The van der Waals surface area contributed by atoms with Crippen molar-refractivity contribution in [3.8, 4) is 11.5 Å². The van der Waals surface area contributed by atoms with Gasteiger partial charge in [0.25, 0.3) is 0 Å². The highest BCUT2D eigenvalue weighted by Crippen LogP contribution is 2.34. The summed E-state index contributed by atoms with van der Waals surface area (Å²) in [5.74, 6) is 1.46. The molecule has 2 aliphatic rings. The molecule has 1 amide bonds. The molecule has 0 atom stereocenters. The van der Waals surface area contributed by atoms with Crippen LogP contribution in [0.4, 0.5) is 5.13 Å². The Balaban J connectivity index is 1.22. The van der Waals surface area contributed by atoms with Crippen LogP contribution in [0.1, 0.15) is 5.56 Å². The summed E-state index contributed by atoms with van der Waals surface area (Å²) in [5.41, 5.74) is 1.76. The molecule has 3 aromatic rings. The number of aromatic nitrogens is 1. The maximum Gasteiger partial charge on any atom is 0.246 e. The lowest BCUT2D eigenvalue weighted by Gasteiger charge is -2.34. The fourth-order valence-electron chi connectivity index (χ4n) is 3.45. The molecule has 1 saturated heterocycles. The second-order valence-electron chi connectivity index (χ2n) is 6.84. The zero-order valence-electron chi connectivity index (χ0n) is 15.5. The lowest BCUT2D eigenvalue weighted by Crippen LogP contribution is -2.48. The van der Waals surface area contributed by atoms with Crippen molar-refractivity contribution in [2.45, 2.75) is 0 Å². The highest BCUT2D eigenvalue weighted by atomic mass is 35.5. The molecule has 0 unspecified atom stereocenters. The maximum atomic E-state index is 12.6. The smallest absolute Gasteiger partial charge is 0.246 e. The monoisotopic (exact) mass is 427 g/mol. The minimum Gasteiger partial charge on any atom is -0.454 e. The summed E-state index contributed by atoms with van der Waals surface area (Å²) in [6, 6.07) is 11.5. The number of nitrogens with zero attached hydrogens (tertiary/aromatic N) is 3. The van der Waals surface area contributed by atoms with Gasteiger partial charge in [-0.3, -0.25) is 4.79 Å². The molecule has 6 nitrogen and oxygen atoms in total. The molecule has 148 valence electrons. The molecule has 3 heterocycles. The van der Waals surface area contributed by atoms with Crippen molar-refractivity contribution in [3.05, 3.63) is 53.1 Å². The summed E-state index contributed by atoms with van der Waals surface area (Å²) < 4.78 is 11.8. The molecule has 0 saturated carbocycles. The number of carbonyl (C=O) groups excluding carboxylic acids is 1. The third kappa shape index (κ3) is 3.63. The Morgan fingerprint density at radius 2 is 1.93 bits per heavy atom. The van der Waals surface area contributed by atoms with Gasteiger partial charge in [0.05, 0.1) is 9.72 Å². The van der Waals surface area contributed by atoms with Crippen LogP contribution in [0, 0.1) is 0 Å². The van der Waals surface area contributed by atoms with Gasteiger partial charge in [-0.25, -0.2) is 4.98 Å². The Morgan fingerprint density at radius 3 is 2.76 bits per heavy atom. The van der Waals surface area contributed by atoms with Crippen LogP contribution in [-0.2, 0) is 4.79 Å². The summed E-state index contributed by atoms with van der Waals surface area (Å²) in [6.45, 7) is 3.07.